The molecular formula is C66H113O11P. The number of esters is 3. The van der Waals surface area contributed by atoms with E-state index in [1.165, 1.54) is 77.0 Å². The minimum atomic E-state index is -4.77. The second-order valence-electron chi connectivity index (χ2n) is 20.5. The number of hydrogen-bond donors (Lipinski definition) is 2. The van der Waals surface area contributed by atoms with Crippen molar-refractivity contribution in [1.29, 1.82) is 0 Å². The van der Waals surface area contributed by atoms with E-state index in [0.717, 1.165) is 128 Å². The van der Waals surface area contributed by atoms with Crippen LogP contribution in [-0.4, -0.2) is 66.5 Å². The van der Waals surface area contributed by atoms with E-state index in [1.54, 1.807) is 0 Å². The summed E-state index contributed by atoms with van der Waals surface area (Å²) in [4.78, 5) is 48.7. The van der Waals surface area contributed by atoms with Crippen molar-refractivity contribution in [2.24, 2.45) is 0 Å². The summed E-state index contributed by atoms with van der Waals surface area (Å²) in [7, 11) is -4.77. The van der Waals surface area contributed by atoms with Gasteiger partial charge in [0.1, 0.15) is 12.7 Å². The molecule has 0 amide bonds. The van der Waals surface area contributed by atoms with E-state index < -0.39 is 57.8 Å². The van der Waals surface area contributed by atoms with Crippen molar-refractivity contribution >= 4 is 25.7 Å². The van der Waals surface area contributed by atoms with Crippen molar-refractivity contribution in [3.8, 4) is 0 Å². The standard InChI is InChI=1S/C66H113O11P/c1-4-7-10-13-16-19-22-25-28-30-31-33-35-37-40-43-46-49-52-55-64(68)73-59-63(77-66(70)57-54-51-48-45-42-39-36-32-29-26-23-20-17-14-11-8-5-2)61-75-78(71,72)74-60-62(58-67)76-65(69)56-53-50-47-44-41-38-34-27-24-21-18-15-12-9-6-3/h7-8,10-11,16-17,19-20,25-26,28-29,31,33,37,40,62-63,67H,4-6,9,12-15,18,21-24,27,30,32,34-36,38-39,41-61H2,1-3H3,(H,71,72)/b10-7-,11-8-,19-16-,20-17-,28-25-,29-26-,33-31-,40-37-. The zero-order valence-corrected chi connectivity index (χ0v) is 50.5. The lowest BCUT2D eigenvalue weighted by molar-refractivity contribution is -0.161. The molecule has 448 valence electrons. The van der Waals surface area contributed by atoms with Crippen molar-refractivity contribution in [1.82, 2.24) is 0 Å². The van der Waals surface area contributed by atoms with Crippen LogP contribution in [0.5, 0.6) is 0 Å². The van der Waals surface area contributed by atoms with Crippen molar-refractivity contribution in [3.05, 3.63) is 97.2 Å². The van der Waals surface area contributed by atoms with Gasteiger partial charge in [0.2, 0.25) is 0 Å². The Hall–Kier alpha value is -3.60. The average molecular weight is 1110 g/mol. The lowest BCUT2D eigenvalue weighted by Crippen LogP contribution is -2.30. The zero-order chi connectivity index (χ0) is 56.9. The van der Waals surface area contributed by atoms with Gasteiger partial charge in [-0.05, 0) is 96.3 Å². The summed E-state index contributed by atoms with van der Waals surface area (Å²) in [6.07, 6.45) is 70.7. The Labute approximate surface area is 476 Å². The number of rotatable bonds is 57. The highest BCUT2D eigenvalue weighted by molar-refractivity contribution is 7.47. The van der Waals surface area contributed by atoms with Crippen LogP contribution in [0.1, 0.15) is 265 Å². The van der Waals surface area contributed by atoms with Gasteiger partial charge >= 0.3 is 25.7 Å². The highest BCUT2D eigenvalue weighted by Gasteiger charge is 2.28. The van der Waals surface area contributed by atoms with E-state index in [4.69, 9.17) is 23.3 Å². The van der Waals surface area contributed by atoms with Gasteiger partial charge in [-0.1, -0.05) is 246 Å². The van der Waals surface area contributed by atoms with Crippen molar-refractivity contribution in [3.63, 3.8) is 0 Å². The molecule has 0 saturated heterocycles. The monoisotopic (exact) mass is 1110 g/mol. The number of phosphoric acid groups is 1. The first-order valence-corrected chi connectivity index (χ1v) is 32.6. The first-order valence-electron chi connectivity index (χ1n) is 31.1. The molecule has 0 aliphatic rings. The molecule has 0 heterocycles. The van der Waals surface area contributed by atoms with E-state index in [1.807, 2.05) is 0 Å². The van der Waals surface area contributed by atoms with Gasteiger partial charge in [0, 0.05) is 19.3 Å². The maximum Gasteiger partial charge on any atom is 0.472 e. The van der Waals surface area contributed by atoms with Gasteiger partial charge in [-0.15, -0.1) is 0 Å². The van der Waals surface area contributed by atoms with E-state index in [0.29, 0.717) is 19.3 Å². The number of allylic oxidation sites excluding steroid dienone is 16. The fourth-order valence-corrected chi connectivity index (χ4v) is 9.12. The van der Waals surface area contributed by atoms with E-state index in [-0.39, 0.29) is 25.9 Å². The summed E-state index contributed by atoms with van der Waals surface area (Å²) in [6.45, 7) is 4.40. The number of carbonyl (C=O) groups is 3. The molecule has 3 unspecified atom stereocenters. The van der Waals surface area contributed by atoms with Crippen molar-refractivity contribution in [2.45, 2.75) is 277 Å². The van der Waals surface area contributed by atoms with Gasteiger partial charge in [0.25, 0.3) is 0 Å². The molecule has 0 fully saturated rings. The molecule has 3 atom stereocenters. The Morgan fingerprint density at radius 3 is 1.04 bits per heavy atom. The number of unbranched alkanes of at least 4 members (excludes halogenated alkanes) is 24. The minimum absolute atomic E-state index is 0.146. The minimum Gasteiger partial charge on any atom is -0.462 e. The van der Waals surface area contributed by atoms with Gasteiger partial charge in [-0.2, -0.15) is 0 Å². The number of hydrogen-bond acceptors (Lipinski definition) is 10. The molecule has 0 aromatic rings. The van der Waals surface area contributed by atoms with Crippen LogP contribution in [0, 0.1) is 0 Å². The van der Waals surface area contributed by atoms with Crippen LogP contribution in [-0.2, 0) is 42.2 Å². The average Bonchev–Trinajstić information content (AvgIpc) is 3.43. The molecule has 0 radical (unpaired) electrons. The van der Waals surface area contributed by atoms with Crippen LogP contribution in [0.2, 0.25) is 0 Å². The van der Waals surface area contributed by atoms with Gasteiger partial charge in [0.15, 0.2) is 6.10 Å². The molecule has 11 nitrogen and oxygen atoms in total. The maximum atomic E-state index is 12.9. The Kier molecular flexibility index (Phi) is 56.8. The van der Waals surface area contributed by atoms with Crippen LogP contribution in [0.3, 0.4) is 0 Å². The van der Waals surface area contributed by atoms with E-state index >= 15 is 0 Å². The second kappa shape index (κ2) is 59.5. The van der Waals surface area contributed by atoms with Crippen LogP contribution in [0.25, 0.3) is 0 Å². The lowest BCUT2D eigenvalue weighted by atomic mass is 10.0. The maximum absolute atomic E-state index is 12.9. The van der Waals surface area contributed by atoms with Crippen LogP contribution < -0.4 is 0 Å². The Morgan fingerprint density at radius 1 is 0.372 bits per heavy atom. The fraction of sp³-hybridized carbons (Fsp3) is 0.712. The predicted octanol–water partition coefficient (Wildman–Crippen LogP) is 18.8. The Balaban J connectivity index is 4.78. The van der Waals surface area contributed by atoms with Gasteiger partial charge in [-0.3, -0.25) is 23.4 Å². The molecule has 0 spiro atoms. The third-order valence-corrected chi connectivity index (χ3v) is 14.0. The molecule has 0 aliphatic heterocycles. The number of aliphatic hydroxyl groups excluding tert-OH is 1. The predicted molar refractivity (Wildman–Crippen MR) is 325 cm³/mol. The quantitative estimate of drug-likeness (QED) is 0.0197. The molecule has 0 saturated carbocycles. The van der Waals surface area contributed by atoms with E-state index in [2.05, 4.69) is 118 Å². The van der Waals surface area contributed by atoms with Gasteiger partial charge in [-0.25, -0.2) is 4.57 Å². The summed E-state index contributed by atoms with van der Waals surface area (Å²) in [5.74, 6) is -1.51. The van der Waals surface area contributed by atoms with Crippen molar-refractivity contribution in [2.75, 3.05) is 26.4 Å². The van der Waals surface area contributed by atoms with Crippen LogP contribution in [0.4, 0.5) is 0 Å². The van der Waals surface area contributed by atoms with Gasteiger partial charge < -0.3 is 24.2 Å². The fourth-order valence-electron chi connectivity index (χ4n) is 8.34. The molecule has 0 aromatic carbocycles. The lowest BCUT2D eigenvalue weighted by Gasteiger charge is -2.21. The normalized spacial score (nSPS) is 14.0. The number of phosphoric ester groups is 1. The highest BCUT2D eigenvalue weighted by atomic mass is 31.2. The molecular weight excluding hydrogens is 1000 g/mol. The molecule has 0 bridgehead atoms. The molecule has 0 aliphatic carbocycles. The smallest absolute Gasteiger partial charge is 0.462 e. The summed E-state index contributed by atoms with van der Waals surface area (Å²) < 4.78 is 39.6. The molecule has 0 rings (SSSR count). The summed E-state index contributed by atoms with van der Waals surface area (Å²) in [5.41, 5.74) is 0. The Bertz CT molecular complexity index is 1680. The summed E-state index contributed by atoms with van der Waals surface area (Å²) in [6, 6.07) is 0. The molecule has 78 heavy (non-hydrogen) atoms. The first kappa shape index (κ1) is 74.4. The highest BCUT2D eigenvalue weighted by Crippen LogP contribution is 2.43. The third-order valence-electron chi connectivity index (χ3n) is 13.0. The van der Waals surface area contributed by atoms with Crippen LogP contribution in [0.15, 0.2) is 97.2 Å². The first-order chi connectivity index (χ1) is 38.2. The summed E-state index contributed by atoms with van der Waals surface area (Å²) in [5, 5.41) is 9.84. The topological polar surface area (TPSA) is 155 Å². The van der Waals surface area contributed by atoms with Gasteiger partial charge in [0.05, 0.1) is 19.8 Å². The number of ether oxygens (including phenoxy) is 3. The molecule has 2 N–H and O–H groups in total. The largest absolute Gasteiger partial charge is 0.472 e. The number of carbonyl (C=O) groups excluding carboxylic acids is 3. The second-order valence-corrected chi connectivity index (χ2v) is 21.9. The van der Waals surface area contributed by atoms with E-state index in [9.17, 15) is 28.9 Å². The summed E-state index contributed by atoms with van der Waals surface area (Å²) >= 11 is 0. The SMILES string of the molecule is CC/C=C\C/C=C\C/C=C\C/C=C\C/C=C\CCCCCC(=O)OCC(COP(=O)(O)OCC(CO)OC(=O)CCCCCCCCCCCCCCCCC)OC(=O)CCCCCCCCC/C=C\C/C=C\C/C=C\CC. The Morgan fingerprint density at radius 2 is 0.667 bits per heavy atom. The zero-order valence-electron chi connectivity index (χ0n) is 49.6. The third kappa shape index (κ3) is 57.1. The molecule has 12 heteroatoms. The number of aliphatic hydroxyl groups is 1. The van der Waals surface area contributed by atoms with Crippen molar-refractivity contribution < 1.29 is 52.2 Å². The molecule has 0 aromatic heterocycles. The van der Waals surface area contributed by atoms with Crippen LogP contribution >= 0.6 is 7.82 Å².